The van der Waals surface area contributed by atoms with Crippen molar-refractivity contribution >= 4 is 23.9 Å². The smallest absolute Gasteiger partial charge is 0.550 e. The number of unbranched alkanes of at least 4 members (excludes halogenated alkanes) is 44. The third kappa shape index (κ3) is 108. The summed E-state index contributed by atoms with van der Waals surface area (Å²) in [6.07, 6.45) is 68.6. The number of carboxylic acid groups (broad SMARTS) is 4. The normalized spacial score (nSPS) is 10.9. The summed E-state index contributed by atoms with van der Waals surface area (Å²) in [4.78, 5) is 41.1. The first-order chi connectivity index (χ1) is 38.5. The van der Waals surface area contributed by atoms with Crippen LogP contribution in [0.4, 0.5) is 0 Å². The van der Waals surface area contributed by atoms with E-state index >= 15 is 0 Å². The Balaban J connectivity index is -0.000000233. The molecule has 2 N–H and O–H groups in total. The van der Waals surface area contributed by atoms with E-state index in [1.165, 1.54) is 283 Å². The van der Waals surface area contributed by atoms with Gasteiger partial charge in [-0.2, -0.15) is 0 Å². The van der Waals surface area contributed by atoms with Crippen molar-refractivity contribution in [2.75, 3.05) is 0 Å². The molecule has 0 rings (SSSR count). The van der Waals surface area contributed by atoms with Gasteiger partial charge in [0.15, 0.2) is 0 Å². The Hall–Kier alpha value is -0.276. The second-order valence-corrected chi connectivity index (χ2v) is 26.2. The summed E-state index contributed by atoms with van der Waals surface area (Å²) in [6, 6.07) is 0. The van der Waals surface area contributed by atoms with Crippen molar-refractivity contribution in [3.63, 3.8) is 0 Å². The van der Waals surface area contributed by atoms with Crippen LogP contribution >= 0.6 is 0 Å². The standard InChI is InChI=1S/4C18H36O2.2Cd/c4*1-17(2)15-13-11-9-7-5-3-4-6-8-10-12-14-16-18(19)20;;/h4*17H,3-16H2,1-2H3,(H,19,20);;/q;;;;;+2/p-2. The Morgan fingerprint density at radius 2 is 0.341 bits per heavy atom. The zero-order valence-electron chi connectivity index (χ0n) is 56.7. The van der Waals surface area contributed by atoms with Gasteiger partial charge in [-0.25, -0.2) is 0 Å². The van der Waals surface area contributed by atoms with Crippen molar-refractivity contribution in [3.8, 4) is 0 Å². The third-order valence-corrected chi connectivity index (χ3v) is 15.7. The van der Waals surface area contributed by atoms with Crippen LogP contribution in [-0.4, -0.2) is 34.1 Å². The van der Waals surface area contributed by atoms with Gasteiger partial charge in [-0.1, -0.05) is 364 Å². The summed E-state index contributed by atoms with van der Waals surface area (Å²) in [5.74, 6) is 0.341. The minimum absolute atomic E-state index is 0. The maximum absolute atomic E-state index is 10.3. The van der Waals surface area contributed by atoms with Crippen LogP contribution in [0.25, 0.3) is 0 Å². The Morgan fingerprint density at radius 3 is 0.451 bits per heavy atom. The van der Waals surface area contributed by atoms with Crippen LogP contribution in [0.1, 0.15) is 415 Å². The summed E-state index contributed by atoms with van der Waals surface area (Å²) >= 11 is 0. The Kier molecular flexibility index (Phi) is 91.4. The van der Waals surface area contributed by atoms with Crippen LogP contribution in [0.15, 0.2) is 0 Å². The number of hydrogen-bond acceptors (Lipinski definition) is 6. The van der Waals surface area contributed by atoms with Gasteiger partial charge in [0.2, 0.25) is 0 Å². The van der Waals surface area contributed by atoms with Crippen LogP contribution in [0, 0.1) is 23.7 Å². The molecule has 0 bridgehead atoms. The molecule has 0 aliphatic heterocycles. The van der Waals surface area contributed by atoms with E-state index in [1.54, 1.807) is 0 Å². The summed E-state index contributed by atoms with van der Waals surface area (Å²) in [7, 11) is 0. The predicted molar refractivity (Wildman–Crippen MR) is 343 cm³/mol. The fourth-order valence-electron chi connectivity index (χ4n) is 10.4. The molecule has 0 radical (unpaired) electrons. The maximum Gasteiger partial charge on any atom is 2.00 e. The molecule has 0 heterocycles. The van der Waals surface area contributed by atoms with Crippen LogP contribution in [0.5, 0.6) is 0 Å². The first kappa shape index (κ1) is 92.9. The van der Waals surface area contributed by atoms with Gasteiger partial charge in [0, 0.05) is 52.1 Å². The van der Waals surface area contributed by atoms with E-state index in [9.17, 15) is 29.4 Å². The molecule has 0 aromatic heterocycles. The molecule has 0 aliphatic carbocycles. The molecule has 0 unspecified atom stereocenters. The maximum atomic E-state index is 10.3. The molecule has 0 spiro atoms. The minimum atomic E-state index is -0.904. The van der Waals surface area contributed by atoms with Crippen molar-refractivity contribution in [2.24, 2.45) is 23.7 Å². The van der Waals surface area contributed by atoms with E-state index in [2.05, 4.69) is 55.4 Å². The first-order valence-corrected chi connectivity index (χ1v) is 35.3. The van der Waals surface area contributed by atoms with Gasteiger partial charge in [-0.05, 0) is 62.2 Å². The van der Waals surface area contributed by atoms with Crippen LogP contribution < -0.4 is 10.2 Å². The molecule has 0 amide bonds. The summed E-state index contributed by atoms with van der Waals surface area (Å²) in [5, 5.41) is 37.5. The van der Waals surface area contributed by atoms with E-state index in [-0.39, 0.29) is 67.4 Å². The number of hydrogen-bond donors (Lipinski definition) is 2. The molecule has 0 saturated carbocycles. The molecule has 482 valence electrons. The van der Waals surface area contributed by atoms with Crippen molar-refractivity contribution in [1.29, 1.82) is 0 Å². The molecule has 8 nitrogen and oxygen atoms in total. The second kappa shape index (κ2) is 80.7. The minimum Gasteiger partial charge on any atom is -0.550 e. The van der Waals surface area contributed by atoms with Gasteiger partial charge < -0.3 is 30.0 Å². The monoisotopic (exact) mass is 1360 g/mol. The van der Waals surface area contributed by atoms with Crippen molar-refractivity contribution < 1.29 is 94.2 Å². The van der Waals surface area contributed by atoms with Gasteiger partial charge in [0.25, 0.3) is 0 Å². The Morgan fingerprint density at radius 1 is 0.232 bits per heavy atom. The Bertz CT molecular complexity index is 1040. The van der Waals surface area contributed by atoms with Crippen molar-refractivity contribution in [3.05, 3.63) is 0 Å². The fourth-order valence-corrected chi connectivity index (χ4v) is 10.4. The average Bonchev–Trinajstić information content (AvgIpc) is 3.39. The van der Waals surface area contributed by atoms with Gasteiger partial charge in [-0.3, -0.25) is 9.59 Å². The second-order valence-electron chi connectivity index (χ2n) is 26.2. The van der Waals surface area contributed by atoms with Crippen molar-refractivity contribution in [2.45, 2.75) is 415 Å². The largest absolute Gasteiger partial charge is 2.00 e. The summed E-state index contributed by atoms with van der Waals surface area (Å²) in [5.41, 5.74) is 0. The van der Waals surface area contributed by atoms with Gasteiger partial charge in [-0.15, -0.1) is 0 Å². The Labute approximate surface area is 552 Å². The fraction of sp³-hybridized carbons (Fsp3) is 0.944. The zero-order valence-corrected chi connectivity index (χ0v) is 64.7. The van der Waals surface area contributed by atoms with Gasteiger partial charge in [0.1, 0.15) is 0 Å². The van der Waals surface area contributed by atoms with Gasteiger partial charge in [0.05, 0.1) is 0 Å². The SMILES string of the molecule is CC(C)CCCCCCCCCCCCCCC(=O)O.CC(C)CCCCCCCCCCCCCCC(=O)O.CC(C)CCCCCCCCCCCCCCC(=O)[O-].CC(C)CCCCCCCCCCCCCCC(=O)[O-].[Cd+2].[Cd]. The number of carbonyl (C=O) groups excluding carboxylic acids is 2. The van der Waals surface area contributed by atoms with Crippen LogP contribution in [-0.2, 0) is 73.8 Å². The summed E-state index contributed by atoms with van der Waals surface area (Å²) in [6.45, 7) is 18.4. The number of carbonyl (C=O) groups is 4. The van der Waals surface area contributed by atoms with Crippen LogP contribution in [0.3, 0.4) is 0 Å². The van der Waals surface area contributed by atoms with E-state index in [0.29, 0.717) is 12.8 Å². The molecule has 0 atom stereocenters. The molecule has 82 heavy (non-hydrogen) atoms. The molecular formula is C72H142Cd2O8. The molecule has 10 heteroatoms. The van der Waals surface area contributed by atoms with E-state index < -0.39 is 23.9 Å². The predicted octanol–water partition coefficient (Wildman–Crippen LogP) is 22.1. The number of rotatable bonds is 60. The topological polar surface area (TPSA) is 155 Å². The van der Waals surface area contributed by atoms with Gasteiger partial charge >= 0.3 is 39.2 Å². The zero-order chi connectivity index (χ0) is 60.2. The number of carboxylic acids is 4. The molecular weight excluding hydrogens is 1220 g/mol. The molecule has 0 saturated heterocycles. The average molecular weight is 1360 g/mol. The first-order valence-electron chi connectivity index (χ1n) is 35.3. The number of aliphatic carboxylic acids is 4. The van der Waals surface area contributed by atoms with E-state index in [4.69, 9.17) is 10.2 Å². The molecule has 0 fully saturated rings. The van der Waals surface area contributed by atoms with E-state index in [1.807, 2.05) is 0 Å². The molecule has 0 aromatic rings. The third-order valence-electron chi connectivity index (χ3n) is 15.7. The van der Waals surface area contributed by atoms with Crippen LogP contribution in [0.2, 0.25) is 0 Å². The van der Waals surface area contributed by atoms with Crippen molar-refractivity contribution in [1.82, 2.24) is 0 Å². The van der Waals surface area contributed by atoms with E-state index in [0.717, 1.165) is 75.0 Å². The molecule has 0 aromatic carbocycles. The molecule has 0 aliphatic rings. The summed E-state index contributed by atoms with van der Waals surface area (Å²) < 4.78 is 0. The quantitative estimate of drug-likeness (QED) is 0.0451.